The van der Waals surface area contributed by atoms with Gasteiger partial charge in [0, 0.05) is 42.3 Å². The molecule has 1 heterocycles. The summed E-state index contributed by atoms with van der Waals surface area (Å²) >= 11 is 1.35. The van der Waals surface area contributed by atoms with Crippen molar-refractivity contribution < 1.29 is 23.5 Å². The van der Waals surface area contributed by atoms with E-state index in [1.807, 2.05) is 0 Å². The fourth-order valence-electron chi connectivity index (χ4n) is 7.31. The summed E-state index contributed by atoms with van der Waals surface area (Å²) in [4.78, 5) is 36.3. The number of Topliss-reactive ketones (excluding diaryl/α,β-unsaturated/α-hetero) is 1. The number of rotatable bonds is 1. The second-order valence-electron chi connectivity index (χ2n) is 10.4. The van der Waals surface area contributed by atoms with E-state index in [0.29, 0.717) is 19.3 Å². The van der Waals surface area contributed by atoms with Gasteiger partial charge in [0.25, 0.3) is 0 Å². The van der Waals surface area contributed by atoms with Gasteiger partial charge in [0.2, 0.25) is 6.17 Å². The molecule has 0 amide bonds. The Morgan fingerprint density at radius 3 is 2.70 bits per heavy atom. The van der Waals surface area contributed by atoms with Gasteiger partial charge < -0.3 is 4.74 Å². The van der Waals surface area contributed by atoms with Gasteiger partial charge in [-0.25, -0.2) is 9.18 Å². The number of esters is 1. The SMILES string of the molecule is CC(=O)SC1C=C2CC(=O)CC[C@]2(C)C2=CC[C@@]3(C)C(CC[C@@]34CC(F)C(=O)O4)C21. The van der Waals surface area contributed by atoms with Crippen molar-refractivity contribution in [2.24, 2.45) is 22.7 Å². The number of alkyl halides is 1. The third kappa shape index (κ3) is 2.61. The molecular formula is C24H29FO4S. The Balaban J connectivity index is 1.60. The quantitative estimate of drug-likeness (QED) is 0.443. The van der Waals surface area contributed by atoms with Crippen LogP contribution in [0.1, 0.15) is 65.7 Å². The fraction of sp³-hybridized carbons (Fsp3) is 0.708. The molecule has 7 atom stereocenters. The molecule has 30 heavy (non-hydrogen) atoms. The number of allylic oxidation sites excluding steroid dienone is 3. The van der Waals surface area contributed by atoms with Gasteiger partial charge >= 0.3 is 5.97 Å². The molecule has 0 N–H and O–H groups in total. The minimum Gasteiger partial charge on any atom is -0.456 e. The standard InChI is InChI=1S/C24H29FO4S/c1-13(26)30-19-11-14-10-15(27)4-7-22(14,2)16-5-8-23(3)17(20(16)19)6-9-24(23)12-18(25)21(28)29-24/h5,11,17-20H,4,6-10,12H2,1-3H3/t17?,18?,19?,20?,22-,23-,24+/m0/s1. The average Bonchev–Trinajstić information content (AvgIpc) is 3.12. The molecule has 0 bridgehead atoms. The predicted octanol–water partition coefficient (Wildman–Crippen LogP) is 4.72. The van der Waals surface area contributed by atoms with Crippen LogP contribution >= 0.6 is 11.8 Å². The van der Waals surface area contributed by atoms with Crippen LogP contribution in [0.4, 0.5) is 4.39 Å². The van der Waals surface area contributed by atoms with Crippen molar-refractivity contribution in [3.05, 3.63) is 23.3 Å². The van der Waals surface area contributed by atoms with Crippen LogP contribution in [0.15, 0.2) is 23.3 Å². The molecule has 0 aromatic carbocycles. The summed E-state index contributed by atoms with van der Waals surface area (Å²) < 4.78 is 20.0. The number of ether oxygens (including phenoxy) is 1. The lowest BCUT2D eigenvalue weighted by atomic mass is 9.51. The van der Waals surface area contributed by atoms with E-state index in [2.05, 4.69) is 26.0 Å². The van der Waals surface area contributed by atoms with E-state index in [1.165, 1.54) is 17.3 Å². The number of halogens is 1. The summed E-state index contributed by atoms with van der Waals surface area (Å²) in [6, 6.07) is 0. The molecule has 3 fully saturated rings. The maximum atomic E-state index is 14.3. The van der Waals surface area contributed by atoms with E-state index in [-0.39, 0.29) is 45.2 Å². The molecular weight excluding hydrogens is 403 g/mol. The van der Waals surface area contributed by atoms with E-state index < -0.39 is 17.7 Å². The molecule has 2 saturated carbocycles. The van der Waals surface area contributed by atoms with Crippen LogP contribution in [-0.2, 0) is 19.1 Å². The Labute approximate surface area is 181 Å². The highest BCUT2D eigenvalue weighted by Gasteiger charge is 2.68. The number of hydrogen-bond acceptors (Lipinski definition) is 5. The van der Waals surface area contributed by atoms with Gasteiger partial charge in [0.15, 0.2) is 5.12 Å². The van der Waals surface area contributed by atoms with E-state index in [0.717, 1.165) is 24.8 Å². The molecule has 0 aromatic heterocycles. The lowest BCUT2D eigenvalue weighted by Gasteiger charge is -2.55. The topological polar surface area (TPSA) is 60.4 Å². The van der Waals surface area contributed by atoms with Crippen LogP contribution in [-0.4, -0.2) is 33.9 Å². The monoisotopic (exact) mass is 432 g/mol. The fourth-order valence-corrected chi connectivity index (χ4v) is 8.41. The first kappa shape index (κ1) is 20.5. The summed E-state index contributed by atoms with van der Waals surface area (Å²) in [6.07, 6.45) is 7.28. The largest absolute Gasteiger partial charge is 0.456 e. The highest BCUT2D eigenvalue weighted by atomic mass is 32.2. The summed E-state index contributed by atoms with van der Waals surface area (Å²) in [5.41, 5.74) is 1.30. The Hall–Kier alpha value is -1.43. The van der Waals surface area contributed by atoms with E-state index >= 15 is 0 Å². The van der Waals surface area contributed by atoms with Gasteiger partial charge in [-0.05, 0) is 37.5 Å². The summed E-state index contributed by atoms with van der Waals surface area (Å²) in [5, 5.41) is 0.0406. The van der Waals surface area contributed by atoms with Crippen molar-refractivity contribution in [3.8, 4) is 0 Å². The molecule has 1 aliphatic heterocycles. The first-order chi connectivity index (χ1) is 14.1. The molecule has 0 radical (unpaired) electrons. The molecule has 4 nitrogen and oxygen atoms in total. The highest BCUT2D eigenvalue weighted by Crippen LogP contribution is 2.68. The zero-order valence-corrected chi connectivity index (χ0v) is 18.6. The third-order valence-electron chi connectivity index (χ3n) is 8.98. The van der Waals surface area contributed by atoms with Crippen molar-refractivity contribution in [1.82, 2.24) is 0 Å². The lowest BCUT2D eigenvalue weighted by Crippen LogP contribution is -2.53. The summed E-state index contributed by atoms with van der Waals surface area (Å²) in [5.74, 6) is -0.0717. The summed E-state index contributed by atoms with van der Waals surface area (Å²) in [7, 11) is 0. The van der Waals surface area contributed by atoms with Crippen LogP contribution in [0.25, 0.3) is 0 Å². The van der Waals surface area contributed by atoms with E-state index in [9.17, 15) is 18.8 Å². The number of ketones is 1. The van der Waals surface area contributed by atoms with Gasteiger partial charge in [0.05, 0.1) is 0 Å². The van der Waals surface area contributed by atoms with Crippen molar-refractivity contribution in [2.45, 2.75) is 82.7 Å². The van der Waals surface area contributed by atoms with Crippen LogP contribution in [0.3, 0.4) is 0 Å². The molecule has 6 heteroatoms. The maximum Gasteiger partial charge on any atom is 0.341 e. The van der Waals surface area contributed by atoms with Gasteiger partial charge in [-0.15, -0.1) is 0 Å². The van der Waals surface area contributed by atoms with Gasteiger partial charge in [-0.3, -0.25) is 9.59 Å². The average molecular weight is 433 g/mol. The molecule has 4 unspecified atom stereocenters. The predicted molar refractivity (Wildman–Crippen MR) is 112 cm³/mol. The van der Waals surface area contributed by atoms with Crippen LogP contribution in [0.5, 0.6) is 0 Å². The van der Waals surface area contributed by atoms with Crippen LogP contribution < -0.4 is 0 Å². The Bertz CT molecular complexity index is 909. The number of carbonyl (C=O) groups excluding carboxylic acids is 3. The smallest absolute Gasteiger partial charge is 0.341 e. The van der Waals surface area contributed by atoms with Crippen molar-refractivity contribution in [2.75, 3.05) is 0 Å². The maximum absolute atomic E-state index is 14.3. The number of carbonyl (C=O) groups is 3. The number of thioether (sulfide) groups is 1. The van der Waals surface area contributed by atoms with E-state index in [1.54, 1.807) is 6.92 Å². The molecule has 162 valence electrons. The van der Waals surface area contributed by atoms with Crippen molar-refractivity contribution >= 4 is 28.6 Å². The molecule has 1 spiro atoms. The van der Waals surface area contributed by atoms with E-state index in [4.69, 9.17) is 4.74 Å². The Morgan fingerprint density at radius 1 is 1.27 bits per heavy atom. The second kappa shape index (κ2) is 6.54. The molecule has 1 saturated heterocycles. The minimum absolute atomic E-state index is 0.0271. The van der Waals surface area contributed by atoms with Gasteiger partial charge in [0.1, 0.15) is 11.4 Å². The Morgan fingerprint density at radius 2 is 2.03 bits per heavy atom. The molecule has 4 aliphatic carbocycles. The van der Waals surface area contributed by atoms with Crippen molar-refractivity contribution in [1.29, 1.82) is 0 Å². The normalized spacial score (nSPS) is 47.2. The minimum atomic E-state index is -1.53. The zero-order chi connectivity index (χ0) is 21.5. The highest BCUT2D eigenvalue weighted by molar-refractivity contribution is 8.14. The Kier molecular flexibility index (Phi) is 4.46. The number of hydrogen-bond donors (Lipinski definition) is 0. The second-order valence-corrected chi connectivity index (χ2v) is 11.7. The van der Waals surface area contributed by atoms with Crippen LogP contribution in [0.2, 0.25) is 0 Å². The lowest BCUT2D eigenvalue weighted by molar-refractivity contribution is -0.161. The third-order valence-corrected chi connectivity index (χ3v) is 10.0. The first-order valence-electron chi connectivity index (χ1n) is 11.1. The van der Waals surface area contributed by atoms with Crippen LogP contribution in [0, 0.1) is 22.7 Å². The molecule has 5 rings (SSSR count). The first-order valence-corrected chi connectivity index (χ1v) is 12.0. The van der Waals surface area contributed by atoms with Crippen molar-refractivity contribution in [3.63, 3.8) is 0 Å². The van der Waals surface area contributed by atoms with Gasteiger partial charge in [-0.1, -0.05) is 48.9 Å². The summed E-state index contributed by atoms with van der Waals surface area (Å²) in [6.45, 7) is 6.00. The van der Waals surface area contributed by atoms with Gasteiger partial charge in [-0.2, -0.15) is 0 Å². The zero-order valence-electron chi connectivity index (χ0n) is 17.8. The molecule has 0 aromatic rings. The number of fused-ring (bicyclic) bond motifs is 6. The molecule has 5 aliphatic rings.